The van der Waals surface area contributed by atoms with E-state index in [4.69, 9.17) is 47.3 Å². The minimum Gasteiger partial charge on any atom is -0.507 e. The predicted molar refractivity (Wildman–Crippen MR) is 252 cm³/mol. The SMILES string of the molecule is CO[C@H]1/C=C/C[C@@]2(C)Oc3c(C)c(O)c4c(=O)c(c5oc6ccccc6nc-5c4c3C2=O)NC(=O)/C(C)=C\C=C\[C@H](C)[C@@H]2OC(C)(C)O[C@@H]([C@@H](C)[C@H](OC(=O)OCC3COC(C)(C)O3)[C@@H]1C)[C@@H]2C. The number of carbonyl (C=O) groups is 3. The number of benzene rings is 3. The molecule has 2 saturated heterocycles. The first-order chi connectivity index (χ1) is 32.0. The molecule has 0 saturated carbocycles. The van der Waals surface area contributed by atoms with Crippen LogP contribution in [0.1, 0.15) is 91.6 Å². The number of hydrogen-bond acceptors (Lipinski definition) is 15. The first kappa shape index (κ1) is 48.8. The highest BCUT2D eigenvalue weighted by atomic mass is 16.8. The Morgan fingerprint density at radius 2 is 1.63 bits per heavy atom. The van der Waals surface area contributed by atoms with Crippen LogP contribution in [0.25, 0.3) is 33.3 Å². The van der Waals surface area contributed by atoms with E-state index in [0.717, 1.165) is 0 Å². The molecule has 0 aromatic heterocycles. The summed E-state index contributed by atoms with van der Waals surface area (Å²) in [5.41, 5.74) is -1.26. The highest BCUT2D eigenvalue weighted by Gasteiger charge is 2.50. The first-order valence-electron chi connectivity index (χ1n) is 23.2. The molecule has 9 rings (SSSR count). The van der Waals surface area contributed by atoms with E-state index in [1.807, 2.05) is 47.6 Å². The lowest BCUT2D eigenvalue weighted by Crippen LogP contribution is -2.56. The molecule has 2 N–H and O–H groups in total. The van der Waals surface area contributed by atoms with Crippen LogP contribution < -0.4 is 15.5 Å². The number of anilines is 1. The molecule has 1 aliphatic carbocycles. The van der Waals surface area contributed by atoms with Crippen molar-refractivity contribution < 1.29 is 61.8 Å². The molecular weight excluding hydrogens is 877 g/mol. The maximum atomic E-state index is 14.9. The van der Waals surface area contributed by atoms with Crippen molar-refractivity contribution in [2.24, 2.45) is 23.7 Å². The number of rotatable bonds is 4. The molecule has 0 radical (unpaired) electrons. The van der Waals surface area contributed by atoms with E-state index < -0.39 is 82.5 Å². The van der Waals surface area contributed by atoms with Gasteiger partial charge in [0, 0.05) is 53.7 Å². The van der Waals surface area contributed by atoms with Crippen LogP contribution in [0, 0.1) is 30.6 Å². The second kappa shape index (κ2) is 18.3. The van der Waals surface area contributed by atoms with Gasteiger partial charge >= 0.3 is 6.16 Å². The number of Topliss-reactive ketones (excluding diaryl/α,β-unsaturated/α-hetero) is 1. The van der Waals surface area contributed by atoms with E-state index in [2.05, 4.69) is 5.32 Å². The highest BCUT2D eigenvalue weighted by Crippen LogP contribution is 2.51. The molecule has 364 valence electrons. The van der Waals surface area contributed by atoms with Crippen molar-refractivity contribution in [1.82, 2.24) is 4.98 Å². The van der Waals surface area contributed by atoms with Gasteiger partial charge in [-0.2, -0.15) is 0 Å². The van der Waals surface area contributed by atoms with Crippen molar-refractivity contribution in [2.45, 2.75) is 130 Å². The van der Waals surface area contributed by atoms with Crippen LogP contribution in [0.4, 0.5) is 10.5 Å². The maximum Gasteiger partial charge on any atom is 0.508 e. The van der Waals surface area contributed by atoms with Crippen molar-refractivity contribution in [2.75, 3.05) is 25.6 Å². The van der Waals surface area contributed by atoms with E-state index in [-0.39, 0.29) is 87.9 Å². The monoisotopic (exact) mass is 938 g/mol. The Labute approximate surface area is 395 Å². The van der Waals surface area contributed by atoms with Crippen LogP contribution >= 0.6 is 0 Å². The highest BCUT2D eigenvalue weighted by molar-refractivity contribution is 6.22. The Hall–Kier alpha value is -5.65. The number of nitrogens with one attached hydrogen (secondary N) is 1. The number of aromatic nitrogens is 1. The van der Waals surface area contributed by atoms with Gasteiger partial charge in [0.25, 0.3) is 5.91 Å². The van der Waals surface area contributed by atoms with Gasteiger partial charge in [-0.05, 0) is 60.6 Å². The summed E-state index contributed by atoms with van der Waals surface area (Å²) in [7, 11) is 1.55. The van der Waals surface area contributed by atoms with Gasteiger partial charge in [-0.25, -0.2) is 9.78 Å². The summed E-state index contributed by atoms with van der Waals surface area (Å²) in [5, 5.41) is 14.4. The summed E-state index contributed by atoms with van der Waals surface area (Å²) < 4.78 is 55.6. The van der Waals surface area contributed by atoms with Crippen LogP contribution in [0.2, 0.25) is 0 Å². The molecule has 1 unspecified atom stereocenters. The fraction of sp³-hybridized carbons (Fsp3) is 0.519. The molecule has 16 heteroatoms. The summed E-state index contributed by atoms with van der Waals surface area (Å²) in [6.07, 6.45) is 5.14. The van der Waals surface area contributed by atoms with Gasteiger partial charge in [0.1, 0.15) is 47.2 Å². The second-order valence-corrected chi connectivity index (χ2v) is 19.8. The minimum absolute atomic E-state index is 0.0295. The zero-order chi connectivity index (χ0) is 49.2. The summed E-state index contributed by atoms with van der Waals surface area (Å²) in [6.45, 7) is 20.1. The Morgan fingerprint density at radius 1 is 0.912 bits per heavy atom. The zero-order valence-electron chi connectivity index (χ0n) is 40.7. The summed E-state index contributed by atoms with van der Waals surface area (Å²) in [5.74, 6) is -4.75. The van der Waals surface area contributed by atoms with Gasteiger partial charge in [-0.3, -0.25) is 14.4 Å². The number of nitrogens with zero attached hydrogens (tertiary/aromatic N) is 1. The zero-order valence-corrected chi connectivity index (χ0v) is 40.7. The number of fused-ring (bicyclic) bond motifs is 10. The van der Waals surface area contributed by atoms with Crippen LogP contribution in [-0.4, -0.2) is 96.0 Å². The van der Waals surface area contributed by atoms with Crippen LogP contribution in [0.5, 0.6) is 11.5 Å². The molecule has 16 nitrogen and oxygen atoms in total. The molecule has 2 aromatic carbocycles. The number of phenols is 1. The van der Waals surface area contributed by atoms with Gasteiger partial charge in [0.05, 0.1) is 35.9 Å². The number of hydrogen-bond donors (Lipinski definition) is 2. The van der Waals surface area contributed by atoms with E-state index in [1.54, 1.807) is 90.3 Å². The number of amides is 1. The van der Waals surface area contributed by atoms with E-state index in [1.165, 1.54) is 0 Å². The smallest absolute Gasteiger partial charge is 0.507 e. The quantitative estimate of drug-likeness (QED) is 0.0850. The normalized spacial score (nSPS) is 32.4. The molecule has 2 fully saturated rings. The van der Waals surface area contributed by atoms with Crippen molar-refractivity contribution in [3.63, 3.8) is 0 Å². The Bertz CT molecular complexity index is 2770. The number of phenolic OH excluding ortho intramolecular Hbond substituents is 1. The van der Waals surface area contributed by atoms with Crippen molar-refractivity contribution >= 4 is 45.4 Å². The van der Waals surface area contributed by atoms with Gasteiger partial charge in [-0.1, -0.05) is 70.2 Å². The number of aromatic hydroxyl groups is 1. The molecule has 0 spiro atoms. The topological polar surface area (TPSA) is 200 Å². The minimum atomic E-state index is -1.53. The molecule has 6 heterocycles. The number of para-hydroxylation sites is 2. The molecule has 2 aromatic rings. The Balaban J connectivity index is 1.24. The summed E-state index contributed by atoms with van der Waals surface area (Å²) in [6, 6.07) is 6.91. The fourth-order valence-electron chi connectivity index (χ4n) is 10.1. The van der Waals surface area contributed by atoms with Crippen LogP contribution in [0.15, 0.2) is 69.4 Å². The Morgan fingerprint density at radius 3 is 2.34 bits per heavy atom. The lowest BCUT2D eigenvalue weighted by molar-refractivity contribution is -0.336. The number of ether oxygens (including phenoxy) is 8. The van der Waals surface area contributed by atoms with E-state index >= 15 is 0 Å². The maximum absolute atomic E-state index is 14.9. The van der Waals surface area contributed by atoms with Crippen LogP contribution in [-0.2, 0) is 38.0 Å². The Kier molecular flexibility index (Phi) is 13.2. The average molecular weight is 939 g/mol. The van der Waals surface area contributed by atoms with E-state index in [9.17, 15) is 24.3 Å². The number of methoxy groups -OCH3 is 1. The molecule has 6 aliphatic heterocycles. The van der Waals surface area contributed by atoms with Gasteiger partial charge in [0.2, 0.25) is 11.2 Å². The largest absolute Gasteiger partial charge is 0.508 e. The van der Waals surface area contributed by atoms with Gasteiger partial charge in [-0.15, -0.1) is 0 Å². The molecule has 10 atom stereocenters. The molecule has 68 heavy (non-hydrogen) atoms. The lowest BCUT2D eigenvalue weighted by atomic mass is 9.77. The third-order valence-electron chi connectivity index (χ3n) is 13.8. The second-order valence-electron chi connectivity index (χ2n) is 19.8. The number of carbonyl (C=O) groups excluding carboxylic acids is 3. The summed E-state index contributed by atoms with van der Waals surface area (Å²) in [4.78, 5) is 62.2. The summed E-state index contributed by atoms with van der Waals surface area (Å²) >= 11 is 0. The molecule has 1 amide bonds. The van der Waals surface area contributed by atoms with Crippen LogP contribution in [0.3, 0.4) is 0 Å². The average Bonchev–Trinajstić information content (AvgIpc) is 3.78. The van der Waals surface area contributed by atoms with Gasteiger partial charge in [0.15, 0.2) is 28.5 Å². The lowest BCUT2D eigenvalue weighted by Gasteiger charge is -2.50. The predicted octanol–water partition coefficient (Wildman–Crippen LogP) is 8.95. The van der Waals surface area contributed by atoms with Gasteiger partial charge < -0.3 is 52.7 Å². The molecule has 7 bridgehead atoms. The van der Waals surface area contributed by atoms with Crippen molar-refractivity contribution in [3.05, 3.63) is 81.6 Å². The molecular formula is C52H62N2O14. The number of ketones is 1. The third-order valence-corrected chi connectivity index (χ3v) is 13.8. The standard InChI is InChI=1S/C52H62N2O14/c1-25-17-15-18-26(2)48(58)54-39-41(56)36-35(38-46(39)63-34-20-14-13-19-32(34)53-38)37-45(28(4)40(36)55)68-52(11,47(37)57)22-16-21-33(60-12)27(3)43(30(6)44-29(5)42(25)66-51(9,10)67-44)64-49(59)61-23-31-24-62-50(7,8)65-31/h13-21,25,27,29-31,33,42-44,55H,22-24H2,1-12H3,(H,54,58)/b17-15+,21-16+,26-18-/t25-,27+,29+,30-,31?,33-,42-,43+,44+,52+/m0/s1. The fourth-order valence-corrected chi connectivity index (χ4v) is 10.1. The third kappa shape index (κ3) is 9.04. The van der Waals surface area contributed by atoms with E-state index in [0.29, 0.717) is 11.1 Å². The molecule has 7 aliphatic rings. The van der Waals surface area contributed by atoms with Crippen molar-refractivity contribution in [3.8, 4) is 23.0 Å². The number of allylic oxidation sites excluding steroid dienone is 2. The first-order valence-corrected chi connectivity index (χ1v) is 23.2. The van der Waals surface area contributed by atoms with Crippen molar-refractivity contribution in [1.29, 1.82) is 0 Å².